The second-order valence-corrected chi connectivity index (χ2v) is 7.84. The Morgan fingerprint density at radius 3 is 2.25 bits per heavy atom. The SMILES string of the molecule is Cc1nc(-c2ccccc2)ccc1C(=O)Nc1ccccc1S(=O)(=O)C(F)F. The third-order valence-corrected chi connectivity index (χ3v) is 5.51. The molecule has 0 bridgehead atoms. The van der Waals surface area contributed by atoms with E-state index in [0.717, 1.165) is 11.6 Å². The van der Waals surface area contributed by atoms with Crippen LogP contribution in [0.1, 0.15) is 16.1 Å². The highest BCUT2D eigenvalue weighted by Gasteiger charge is 2.29. The van der Waals surface area contributed by atoms with Gasteiger partial charge in [0.1, 0.15) is 0 Å². The predicted octanol–water partition coefficient (Wildman–Crippen LogP) is 4.31. The number of nitrogens with one attached hydrogen (secondary N) is 1. The van der Waals surface area contributed by atoms with Crippen molar-refractivity contribution in [1.82, 2.24) is 4.98 Å². The summed E-state index contributed by atoms with van der Waals surface area (Å²) in [6.45, 7) is 1.64. The first-order valence-corrected chi connectivity index (χ1v) is 9.81. The zero-order valence-corrected chi connectivity index (χ0v) is 15.6. The average molecular weight is 402 g/mol. The Hall–Kier alpha value is -3.13. The van der Waals surface area contributed by atoms with Gasteiger partial charge in [0.05, 0.1) is 27.5 Å². The van der Waals surface area contributed by atoms with Crippen molar-refractivity contribution in [1.29, 1.82) is 0 Å². The van der Waals surface area contributed by atoms with Crippen LogP contribution in [0.25, 0.3) is 11.3 Å². The van der Waals surface area contributed by atoms with E-state index in [0.29, 0.717) is 11.4 Å². The molecule has 28 heavy (non-hydrogen) atoms. The molecule has 1 heterocycles. The van der Waals surface area contributed by atoms with E-state index in [4.69, 9.17) is 0 Å². The summed E-state index contributed by atoms with van der Waals surface area (Å²) < 4.78 is 49.4. The van der Waals surface area contributed by atoms with Gasteiger partial charge in [-0.2, -0.15) is 8.78 Å². The summed E-state index contributed by atoms with van der Waals surface area (Å²) in [5, 5.41) is 2.40. The molecule has 0 aliphatic carbocycles. The highest BCUT2D eigenvalue weighted by Crippen LogP contribution is 2.27. The molecule has 144 valence electrons. The molecule has 1 aromatic heterocycles. The minimum Gasteiger partial charge on any atom is -0.321 e. The van der Waals surface area contributed by atoms with E-state index in [1.54, 1.807) is 19.1 Å². The second kappa shape index (κ2) is 7.85. The van der Waals surface area contributed by atoms with Gasteiger partial charge < -0.3 is 5.32 Å². The fourth-order valence-electron chi connectivity index (χ4n) is 2.67. The molecule has 0 radical (unpaired) electrons. The van der Waals surface area contributed by atoms with Gasteiger partial charge in [-0.15, -0.1) is 0 Å². The van der Waals surface area contributed by atoms with E-state index in [9.17, 15) is 22.0 Å². The summed E-state index contributed by atoms with van der Waals surface area (Å²) in [7, 11) is -4.85. The van der Waals surface area contributed by atoms with Crippen LogP contribution in [0.15, 0.2) is 71.6 Å². The maximum absolute atomic E-state index is 12.9. The molecule has 0 atom stereocenters. The Morgan fingerprint density at radius 2 is 1.61 bits per heavy atom. The van der Waals surface area contributed by atoms with Crippen molar-refractivity contribution in [3.05, 3.63) is 78.0 Å². The number of alkyl halides is 2. The highest BCUT2D eigenvalue weighted by atomic mass is 32.2. The Balaban J connectivity index is 1.91. The first-order valence-electron chi connectivity index (χ1n) is 8.26. The lowest BCUT2D eigenvalue weighted by Crippen LogP contribution is -2.18. The molecule has 1 N–H and O–H groups in total. The van der Waals surface area contributed by atoms with Gasteiger partial charge in [0.2, 0.25) is 9.84 Å². The maximum Gasteiger partial charge on any atom is 0.341 e. The number of hydrogen-bond acceptors (Lipinski definition) is 4. The summed E-state index contributed by atoms with van der Waals surface area (Å²) in [5.41, 5.74) is 1.98. The van der Waals surface area contributed by atoms with Crippen LogP contribution in [-0.4, -0.2) is 25.1 Å². The largest absolute Gasteiger partial charge is 0.341 e. The average Bonchev–Trinajstić information content (AvgIpc) is 2.68. The number of hydrogen-bond donors (Lipinski definition) is 1. The molecular formula is C20H16F2N2O3S. The van der Waals surface area contributed by atoms with Crippen molar-refractivity contribution in [3.63, 3.8) is 0 Å². The van der Waals surface area contributed by atoms with Crippen LogP contribution in [0.2, 0.25) is 0 Å². The van der Waals surface area contributed by atoms with Gasteiger partial charge in [0.25, 0.3) is 5.91 Å². The number of amides is 1. The second-order valence-electron chi connectivity index (χ2n) is 5.95. The summed E-state index contributed by atoms with van der Waals surface area (Å²) in [6.07, 6.45) is 0. The molecule has 0 spiro atoms. The molecule has 3 rings (SSSR count). The first-order chi connectivity index (χ1) is 13.3. The number of rotatable bonds is 5. The van der Waals surface area contributed by atoms with Gasteiger partial charge >= 0.3 is 5.76 Å². The zero-order chi connectivity index (χ0) is 20.3. The monoisotopic (exact) mass is 402 g/mol. The summed E-state index contributed by atoms with van der Waals surface area (Å²) >= 11 is 0. The van der Waals surface area contributed by atoms with Crippen LogP contribution in [0.4, 0.5) is 14.5 Å². The van der Waals surface area contributed by atoms with Crippen molar-refractivity contribution in [3.8, 4) is 11.3 Å². The van der Waals surface area contributed by atoms with E-state index in [2.05, 4.69) is 10.3 Å². The molecule has 0 saturated heterocycles. The van der Waals surface area contributed by atoms with Crippen LogP contribution in [0.5, 0.6) is 0 Å². The molecule has 8 heteroatoms. The molecular weight excluding hydrogens is 386 g/mol. The first kappa shape index (κ1) is 19.6. The topological polar surface area (TPSA) is 76.1 Å². The number of nitrogens with zero attached hydrogens (tertiary/aromatic N) is 1. The Labute approximate surface area is 161 Å². The number of carbonyl (C=O) groups is 1. The molecule has 1 amide bonds. The van der Waals surface area contributed by atoms with Crippen molar-refractivity contribution in [2.24, 2.45) is 0 Å². The van der Waals surface area contributed by atoms with Gasteiger partial charge in [-0.05, 0) is 31.2 Å². The number of halogens is 2. The molecule has 0 saturated carbocycles. The predicted molar refractivity (Wildman–Crippen MR) is 102 cm³/mol. The minimum absolute atomic E-state index is 0.209. The molecule has 0 unspecified atom stereocenters. The van der Waals surface area contributed by atoms with Crippen LogP contribution in [0.3, 0.4) is 0 Å². The standard InChI is InChI=1S/C20H16F2N2O3S/c1-13-15(11-12-16(23-13)14-7-3-2-4-8-14)19(25)24-17-9-5-6-10-18(17)28(26,27)20(21)22/h2-12,20H,1H3,(H,24,25). The summed E-state index contributed by atoms with van der Waals surface area (Å²) in [4.78, 5) is 16.4. The van der Waals surface area contributed by atoms with E-state index >= 15 is 0 Å². The van der Waals surface area contributed by atoms with Crippen LogP contribution in [0, 0.1) is 6.92 Å². The normalized spacial score (nSPS) is 11.4. The molecule has 0 aliphatic heterocycles. The fraction of sp³-hybridized carbons (Fsp3) is 0.100. The number of anilines is 1. The van der Waals surface area contributed by atoms with Crippen LogP contribution < -0.4 is 5.32 Å². The maximum atomic E-state index is 12.9. The number of pyridine rings is 1. The summed E-state index contributed by atoms with van der Waals surface area (Å²) in [5.74, 6) is -4.22. The lowest BCUT2D eigenvalue weighted by molar-refractivity contribution is 0.102. The van der Waals surface area contributed by atoms with E-state index in [1.807, 2.05) is 30.3 Å². The number of sulfone groups is 1. The zero-order valence-electron chi connectivity index (χ0n) is 14.8. The van der Waals surface area contributed by atoms with Crippen molar-refractivity contribution >= 4 is 21.4 Å². The Morgan fingerprint density at radius 1 is 0.964 bits per heavy atom. The molecule has 0 aliphatic rings. The van der Waals surface area contributed by atoms with E-state index < -0.39 is 26.4 Å². The Bertz CT molecular complexity index is 1120. The smallest absolute Gasteiger partial charge is 0.321 e. The molecule has 5 nitrogen and oxygen atoms in total. The number of aromatic nitrogens is 1. The van der Waals surface area contributed by atoms with Gasteiger partial charge in [0, 0.05) is 5.56 Å². The number of benzene rings is 2. The van der Waals surface area contributed by atoms with E-state index in [1.165, 1.54) is 18.2 Å². The Kier molecular flexibility index (Phi) is 5.51. The van der Waals surface area contributed by atoms with Crippen molar-refractivity contribution < 1.29 is 22.0 Å². The number of aryl methyl sites for hydroxylation is 1. The lowest BCUT2D eigenvalue weighted by Gasteiger charge is -2.12. The van der Waals surface area contributed by atoms with Crippen LogP contribution in [-0.2, 0) is 9.84 Å². The molecule has 0 fully saturated rings. The number of carbonyl (C=O) groups excluding carboxylic acids is 1. The fourth-order valence-corrected chi connectivity index (χ4v) is 3.56. The van der Waals surface area contributed by atoms with E-state index in [-0.39, 0.29) is 11.3 Å². The molecule has 2 aromatic carbocycles. The van der Waals surface area contributed by atoms with Crippen molar-refractivity contribution in [2.45, 2.75) is 17.6 Å². The van der Waals surface area contributed by atoms with Gasteiger partial charge in [-0.25, -0.2) is 8.42 Å². The third-order valence-electron chi connectivity index (χ3n) is 4.08. The lowest BCUT2D eigenvalue weighted by atomic mass is 10.1. The molecule has 3 aromatic rings. The summed E-state index contributed by atoms with van der Waals surface area (Å²) in [6, 6.07) is 17.7. The number of para-hydroxylation sites is 1. The van der Waals surface area contributed by atoms with Crippen molar-refractivity contribution in [2.75, 3.05) is 5.32 Å². The minimum atomic E-state index is -4.85. The van der Waals surface area contributed by atoms with Crippen LogP contribution >= 0.6 is 0 Å². The highest BCUT2D eigenvalue weighted by molar-refractivity contribution is 7.91. The van der Waals surface area contributed by atoms with Gasteiger partial charge in [-0.1, -0.05) is 42.5 Å². The van der Waals surface area contributed by atoms with Gasteiger partial charge in [0.15, 0.2) is 0 Å². The van der Waals surface area contributed by atoms with Gasteiger partial charge in [-0.3, -0.25) is 9.78 Å². The third kappa shape index (κ3) is 3.91. The quantitative estimate of drug-likeness (QED) is 0.690.